The van der Waals surface area contributed by atoms with E-state index in [1.165, 1.54) is 6.33 Å². The fraction of sp³-hybridized carbons (Fsp3) is 0.0909. The molecule has 0 atom stereocenters. The molecule has 18 heavy (non-hydrogen) atoms. The molecule has 2 rings (SSSR count). The zero-order valence-corrected chi connectivity index (χ0v) is 9.34. The van der Waals surface area contributed by atoms with Gasteiger partial charge in [0.2, 0.25) is 0 Å². The Balaban J connectivity index is 1.85. The highest BCUT2D eigenvalue weighted by atomic mass is 16.2. The Bertz CT molecular complexity index is 554. The van der Waals surface area contributed by atoms with Gasteiger partial charge in [-0.3, -0.25) is 5.10 Å². The first-order valence-electron chi connectivity index (χ1n) is 5.17. The summed E-state index contributed by atoms with van der Waals surface area (Å²) in [6.07, 6.45) is 1.37. The van der Waals surface area contributed by atoms with Crippen LogP contribution in [0.15, 0.2) is 30.6 Å². The average Bonchev–Trinajstić information content (AvgIpc) is 2.90. The van der Waals surface area contributed by atoms with Crippen molar-refractivity contribution in [2.24, 2.45) is 0 Å². The number of aromatic nitrogens is 3. The predicted molar refractivity (Wildman–Crippen MR) is 63.4 cm³/mol. The Labute approximate surface area is 103 Å². The molecular weight excluding hydrogens is 232 g/mol. The molecule has 1 heterocycles. The first-order valence-corrected chi connectivity index (χ1v) is 5.17. The molecule has 1 aromatic heterocycles. The zero-order valence-electron chi connectivity index (χ0n) is 9.34. The summed E-state index contributed by atoms with van der Waals surface area (Å²) in [5, 5.41) is 20.2. The SMILES string of the molecule is N#Cc1ccc(NC(=O)NCc2ncn[nH]2)cc1. The van der Waals surface area contributed by atoms with Crippen LogP contribution < -0.4 is 10.6 Å². The van der Waals surface area contributed by atoms with Gasteiger partial charge in [-0.05, 0) is 24.3 Å². The molecule has 7 nitrogen and oxygen atoms in total. The van der Waals surface area contributed by atoms with E-state index in [4.69, 9.17) is 5.26 Å². The van der Waals surface area contributed by atoms with Crippen molar-refractivity contribution in [3.8, 4) is 6.07 Å². The second kappa shape index (κ2) is 5.45. The molecule has 0 spiro atoms. The summed E-state index contributed by atoms with van der Waals surface area (Å²) in [5.41, 5.74) is 1.16. The first kappa shape index (κ1) is 11.6. The molecule has 0 unspecified atom stereocenters. The second-order valence-corrected chi connectivity index (χ2v) is 3.43. The molecule has 0 saturated carbocycles. The summed E-state index contributed by atoms with van der Waals surface area (Å²) < 4.78 is 0. The van der Waals surface area contributed by atoms with E-state index in [0.717, 1.165) is 0 Å². The van der Waals surface area contributed by atoms with Crippen molar-refractivity contribution in [1.29, 1.82) is 5.26 Å². The molecule has 0 aliphatic rings. The average molecular weight is 242 g/mol. The van der Waals surface area contributed by atoms with Crippen molar-refractivity contribution in [2.75, 3.05) is 5.32 Å². The molecule has 0 bridgehead atoms. The number of nitrogens with zero attached hydrogens (tertiary/aromatic N) is 3. The van der Waals surface area contributed by atoms with Crippen molar-refractivity contribution in [3.05, 3.63) is 42.0 Å². The van der Waals surface area contributed by atoms with Crippen molar-refractivity contribution in [2.45, 2.75) is 6.54 Å². The van der Waals surface area contributed by atoms with Gasteiger partial charge in [-0.1, -0.05) is 0 Å². The molecule has 2 aromatic rings. The van der Waals surface area contributed by atoms with Crippen LogP contribution in [0.4, 0.5) is 10.5 Å². The number of anilines is 1. The van der Waals surface area contributed by atoms with Gasteiger partial charge in [-0.15, -0.1) is 0 Å². The molecule has 0 aliphatic heterocycles. The highest BCUT2D eigenvalue weighted by molar-refractivity contribution is 5.89. The van der Waals surface area contributed by atoms with Gasteiger partial charge in [0.05, 0.1) is 18.2 Å². The third kappa shape index (κ3) is 3.05. The third-order valence-corrected chi connectivity index (χ3v) is 2.15. The Hall–Kier alpha value is -2.88. The number of carbonyl (C=O) groups is 1. The van der Waals surface area contributed by atoms with Gasteiger partial charge in [-0.25, -0.2) is 9.78 Å². The maximum absolute atomic E-state index is 11.5. The number of nitrogens with one attached hydrogen (secondary N) is 3. The summed E-state index contributed by atoms with van der Waals surface area (Å²) in [4.78, 5) is 15.4. The minimum atomic E-state index is -0.351. The summed E-state index contributed by atoms with van der Waals surface area (Å²) in [6, 6.07) is 8.23. The van der Waals surface area contributed by atoms with E-state index < -0.39 is 0 Å². The van der Waals surface area contributed by atoms with E-state index in [-0.39, 0.29) is 12.6 Å². The van der Waals surface area contributed by atoms with E-state index in [9.17, 15) is 4.79 Å². The number of hydrogen-bond donors (Lipinski definition) is 3. The molecule has 90 valence electrons. The second-order valence-electron chi connectivity index (χ2n) is 3.43. The van der Waals surface area contributed by atoms with Gasteiger partial charge in [0.1, 0.15) is 12.2 Å². The van der Waals surface area contributed by atoms with Crippen molar-refractivity contribution >= 4 is 11.7 Å². The molecule has 0 fully saturated rings. The van der Waals surface area contributed by atoms with Crippen LogP contribution in [0, 0.1) is 11.3 Å². The Kier molecular flexibility index (Phi) is 3.51. The Morgan fingerprint density at radius 3 is 2.78 bits per heavy atom. The predicted octanol–water partition coefficient (Wildman–Crippen LogP) is 0.998. The van der Waals surface area contributed by atoms with Gasteiger partial charge in [0, 0.05) is 5.69 Å². The summed E-state index contributed by atoms with van der Waals surface area (Å²) >= 11 is 0. The lowest BCUT2D eigenvalue weighted by Gasteiger charge is -2.05. The first-order chi connectivity index (χ1) is 8.78. The number of carbonyl (C=O) groups excluding carboxylic acids is 1. The van der Waals surface area contributed by atoms with Crippen molar-refractivity contribution in [1.82, 2.24) is 20.5 Å². The zero-order chi connectivity index (χ0) is 12.8. The number of amides is 2. The maximum Gasteiger partial charge on any atom is 0.319 e. The lowest BCUT2D eigenvalue weighted by atomic mass is 10.2. The lowest BCUT2D eigenvalue weighted by Crippen LogP contribution is -2.28. The lowest BCUT2D eigenvalue weighted by molar-refractivity contribution is 0.251. The summed E-state index contributed by atoms with van der Waals surface area (Å²) in [5.74, 6) is 0.574. The fourth-order valence-corrected chi connectivity index (χ4v) is 1.28. The van der Waals surface area contributed by atoms with Crippen molar-refractivity contribution in [3.63, 3.8) is 0 Å². The Morgan fingerprint density at radius 1 is 1.39 bits per heavy atom. The summed E-state index contributed by atoms with van der Waals surface area (Å²) in [7, 11) is 0. The van der Waals surface area contributed by atoms with Crippen LogP contribution in [-0.4, -0.2) is 21.2 Å². The van der Waals surface area contributed by atoms with E-state index >= 15 is 0 Å². The number of H-pyrrole nitrogens is 1. The number of aromatic amines is 1. The van der Waals surface area contributed by atoms with Gasteiger partial charge in [0.15, 0.2) is 0 Å². The van der Waals surface area contributed by atoms with E-state index in [1.54, 1.807) is 24.3 Å². The van der Waals surface area contributed by atoms with Crippen LogP contribution in [0.3, 0.4) is 0 Å². The van der Waals surface area contributed by atoms with Crippen LogP contribution in [-0.2, 0) is 6.54 Å². The van der Waals surface area contributed by atoms with E-state index in [0.29, 0.717) is 17.1 Å². The standard InChI is InChI=1S/C11H10N6O/c12-5-8-1-3-9(4-2-8)16-11(18)13-6-10-14-7-15-17-10/h1-4,7H,6H2,(H2,13,16,18)(H,14,15,17). The monoisotopic (exact) mass is 242 g/mol. The number of rotatable bonds is 3. The number of benzene rings is 1. The maximum atomic E-state index is 11.5. The van der Waals surface area contributed by atoms with Crippen LogP contribution in [0.5, 0.6) is 0 Å². The normalized spacial score (nSPS) is 9.50. The molecule has 0 saturated heterocycles. The summed E-state index contributed by atoms with van der Waals surface area (Å²) in [6.45, 7) is 0.266. The van der Waals surface area contributed by atoms with E-state index in [1.807, 2.05) is 6.07 Å². The minimum Gasteiger partial charge on any atom is -0.331 e. The van der Waals surface area contributed by atoms with Crippen LogP contribution in [0.1, 0.15) is 11.4 Å². The van der Waals surface area contributed by atoms with Gasteiger partial charge >= 0.3 is 6.03 Å². The van der Waals surface area contributed by atoms with Gasteiger partial charge in [0.25, 0.3) is 0 Å². The van der Waals surface area contributed by atoms with Gasteiger partial charge < -0.3 is 10.6 Å². The van der Waals surface area contributed by atoms with Crippen molar-refractivity contribution < 1.29 is 4.79 Å². The topological polar surface area (TPSA) is 106 Å². The molecule has 7 heteroatoms. The number of nitriles is 1. The molecule has 0 aliphatic carbocycles. The highest BCUT2D eigenvalue weighted by Crippen LogP contribution is 2.08. The largest absolute Gasteiger partial charge is 0.331 e. The minimum absolute atomic E-state index is 0.266. The van der Waals surface area contributed by atoms with E-state index in [2.05, 4.69) is 25.8 Å². The molecule has 3 N–H and O–H groups in total. The quantitative estimate of drug-likeness (QED) is 0.746. The number of urea groups is 1. The van der Waals surface area contributed by atoms with Gasteiger partial charge in [-0.2, -0.15) is 10.4 Å². The molecule has 2 amide bonds. The van der Waals surface area contributed by atoms with Crippen LogP contribution in [0.25, 0.3) is 0 Å². The Morgan fingerprint density at radius 2 is 2.17 bits per heavy atom. The van der Waals surface area contributed by atoms with Crippen LogP contribution >= 0.6 is 0 Å². The smallest absolute Gasteiger partial charge is 0.319 e. The fourth-order valence-electron chi connectivity index (χ4n) is 1.28. The highest BCUT2D eigenvalue weighted by Gasteiger charge is 2.02. The molecular formula is C11H10N6O. The molecule has 0 radical (unpaired) electrons. The number of hydrogen-bond acceptors (Lipinski definition) is 4. The molecule has 1 aromatic carbocycles. The van der Waals surface area contributed by atoms with Crippen LogP contribution in [0.2, 0.25) is 0 Å². The third-order valence-electron chi connectivity index (χ3n) is 2.15.